The minimum absolute atomic E-state index is 0.0222. The summed E-state index contributed by atoms with van der Waals surface area (Å²) in [6.45, 7) is 3.15. The molecule has 86 valence electrons. The molecule has 3 heteroatoms. The van der Waals surface area contributed by atoms with Gasteiger partial charge in [-0.15, -0.1) is 0 Å². The molecule has 0 spiro atoms. The van der Waals surface area contributed by atoms with Gasteiger partial charge in [0.15, 0.2) is 5.78 Å². The van der Waals surface area contributed by atoms with E-state index in [2.05, 4.69) is 0 Å². The Morgan fingerprint density at radius 2 is 1.75 bits per heavy atom. The molecule has 1 aromatic carbocycles. The van der Waals surface area contributed by atoms with Crippen LogP contribution in [0, 0.1) is 0 Å². The largest absolute Gasteiger partial charge is 0.389 e. The van der Waals surface area contributed by atoms with Gasteiger partial charge in [-0.25, -0.2) is 0 Å². The molecule has 0 fully saturated rings. The van der Waals surface area contributed by atoms with Crippen molar-refractivity contribution in [3.63, 3.8) is 0 Å². The summed E-state index contributed by atoms with van der Waals surface area (Å²) < 4.78 is 0. The number of benzene rings is 1. The molecule has 0 aliphatic heterocycles. The van der Waals surface area contributed by atoms with Gasteiger partial charge in [0.25, 0.3) is 0 Å². The first-order valence-electron chi connectivity index (χ1n) is 5.31. The summed E-state index contributed by atoms with van der Waals surface area (Å²) in [4.78, 5) is 22.4. The first-order chi connectivity index (χ1) is 7.50. The fourth-order valence-electron chi connectivity index (χ4n) is 1.38. The van der Waals surface area contributed by atoms with Crippen molar-refractivity contribution in [3.8, 4) is 0 Å². The standard InChI is InChI=1S/C13H16O3/c1-9(14)3-8-13(16)12-6-4-11(5-7-12)10(2)15/h4-7,10,15H,3,8H2,1-2H3. The van der Waals surface area contributed by atoms with E-state index < -0.39 is 6.10 Å². The Morgan fingerprint density at radius 1 is 1.19 bits per heavy atom. The Morgan fingerprint density at radius 3 is 2.19 bits per heavy atom. The highest BCUT2D eigenvalue weighted by atomic mass is 16.3. The van der Waals surface area contributed by atoms with Crippen molar-refractivity contribution < 1.29 is 14.7 Å². The Balaban J connectivity index is 2.66. The van der Waals surface area contributed by atoms with Crippen molar-refractivity contribution in [2.45, 2.75) is 32.8 Å². The van der Waals surface area contributed by atoms with Crippen molar-refractivity contribution in [1.82, 2.24) is 0 Å². The Kier molecular flexibility index (Phi) is 4.38. The third kappa shape index (κ3) is 3.59. The number of Topliss-reactive ketones (excluding diaryl/α,β-unsaturated/α-hetero) is 2. The molecule has 0 aliphatic rings. The first-order valence-corrected chi connectivity index (χ1v) is 5.31. The zero-order valence-corrected chi connectivity index (χ0v) is 9.56. The Bertz CT molecular complexity index is 377. The van der Waals surface area contributed by atoms with Crippen LogP contribution < -0.4 is 0 Å². The van der Waals surface area contributed by atoms with E-state index in [4.69, 9.17) is 0 Å². The van der Waals surface area contributed by atoms with Crippen LogP contribution in [0.25, 0.3) is 0 Å². The Labute approximate surface area is 95.1 Å². The third-order valence-electron chi connectivity index (χ3n) is 2.42. The van der Waals surface area contributed by atoms with E-state index in [1.54, 1.807) is 31.2 Å². The van der Waals surface area contributed by atoms with Crippen LogP contribution in [-0.4, -0.2) is 16.7 Å². The number of carbonyl (C=O) groups excluding carboxylic acids is 2. The van der Waals surface area contributed by atoms with Gasteiger partial charge in [-0.3, -0.25) is 4.79 Å². The SMILES string of the molecule is CC(=O)CCC(=O)c1ccc(C(C)O)cc1. The molecule has 1 unspecified atom stereocenters. The maximum absolute atomic E-state index is 11.6. The van der Waals surface area contributed by atoms with E-state index in [1.807, 2.05) is 0 Å². The van der Waals surface area contributed by atoms with E-state index in [0.717, 1.165) is 5.56 Å². The van der Waals surface area contributed by atoms with Gasteiger partial charge in [0.2, 0.25) is 0 Å². The van der Waals surface area contributed by atoms with Crippen LogP contribution in [0.1, 0.15) is 48.7 Å². The number of rotatable bonds is 5. The molecule has 1 rings (SSSR count). The lowest BCUT2D eigenvalue weighted by Crippen LogP contribution is -2.02. The van der Waals surface area contributed by atoms with Gasteiger partial charge in [-0.1, -0.05) is 24.3 Å². The summed E-state index contributed by atoms with van der Waals surface area (Å²) >= 11 is 0. The molecule has 0 saturated carbocycles. The minimum atomic E-state index is -0.527. The van der Waals surface area contributed by atoms with Gasteiger partial charge < -0.3 is 9.90 Å². The van der Waals surface area contributed by atoms with Gasteiger partial charge in [0.1, 0.15) is 5.78 Å². The van der Waals surface area contributed by atoms with Crippen LogP contribution in [0.3, 0.4) is 0 Å². The molecule has 0 aromatic heterocycles. The smallest absolute Gasteiger partial charge is 0.163 e. The Hall–Kier alpha value is -1.48. The van der Waals surface area contributed by atoms with Gasteiger partial charge in [-0.05, 0) is 19.4 Å². The third-order valence-corrected chi connectivity index (χ3v) is 2.42. The second kappa shape index (κ2) is 5.56. The molecule has 0 radical (unpaired) electrons. The average molecular weight is 220 g/mol. The topological polar surface area (TPSA) is 54.4 Å². The fraction of sp³-hybridized carbons (Fsp3) is 0.385. The van der Waals surface area contributed by atoms with Crippen molar-refractivity contribution in [1.29, 1.82) is 0 Å². The summed E-state index contributed by atoms with van der Waals surface area (Å²) in [5.41, 5.74) is 1.37. The summed E-state index contributed by atoms with van der Waals surface area (Å²) in [5.74, 6) is -0.0127. The summed E-state index contributed by atoms with van der Waals surface area (Å²) in [7, 11) is 0. The second-order valence-corrected chi connectivity index (χ2v) is 3.92. The minimum Gasteiger partial charge on any atom is -0.389 e. The lowest BCUT2D eigenvalue weighted by molar-refractivity contribution is -0.116. The van der Waals surface area contributed by atoms with Crippen LogP contribution in [0.4, 0.5) is 0 Å². The highest BCUT2D eigenvalue weighted by Crippen LogP contribution is 2.14. The molecule has 1 aromatic rings. The quantitative estimate of drug-likeness (QED) is 0.774. The molecule has 1 atom stereocenters. The highest BCUT2D eigenvalue weighted by molar-refractivity contribution is 5.97. The van der Waals surface area contributed by atoms with Crippen molar-refractivity contribution in [2.75, 3.05) is 0 Å². The van der Waals surface area contributed by atoms with Gasteiger partial charge in [-0.2, -0.15) is 0 Å². The molecule has 16 heavy (non-hydrogen) atoms. The number of aliphatic hydroxyl groups is 1. The lowest BCUT2D eigenvalue weighted by Gasteiger charge is -2.05. The van der Waals surface area contributed by atoms with Gasteiger partial charge in [0.05, 0.1) is 6.10 Å². The molecule has 0 saturated heterocycles. The molecule has 3 nitrogen and oxygen atoms in total. The second-order valence-electron chi connectivity index (χ2n) is 3.92. The summed E-state index contributed by atoms with van der Waals surface area (Å²) in [6, 6.07) is 6.83. The molecule has 1 N–H and O–H groups in total. The maximum Gasteiger partial charge on any atom is 0.163 e. The van der Waals surface area contributed by atoms with Gasteiger partial charge >= 0.3 is 0 Å². The van der Waals surface area contributed by atoms with Crippen LogP contribution in [0.15, 0.2) is 24.3 Å². The van der Waals surface area contributed by atoms with Crippen LogP contribution in [0.5, 0.6) is 0 Å². The first kappa shape index (κ1) is 12.6. The maximum atomic E-state index is 11.6. The van der Waals surface area contributed by atoms with E-state index in [1.165, 1.54) is 6.92 Å². The number of hydrogen-bond acceptors (Lipinski definition) is 3. The van der Waals surface area contributed by atoms with Crippen molar-refractivity contribution >= 4 is 11.6 Å². The van der Waals surface area contributed by atoms with E-state index in [-0.39, 0.29) is 24.4 Å². The molecular weight excluding hydrogens is 204 g/mol. The molecule has 0 amide bonds. The lowest BCUT2D eigenvalue weighted by atomic mass is 10.0. The number of hydrogen-bond donors (Lipinski definition) is 1. The number of carbonyl (C=O) groups is 2. The number of ketones is 2. The average Bonchev–Trinajstić information content (AvgIpc) is 2.26. The van der Waals surface area contributed by atoms with E-state index >= 15 is 0 Å². The predicted octanol–water partition coefficient (Wildman–Crippen LogP) is 2.29. The van der Waals surface area contributed by atoms with Crippen LogP contribution >= 0.6 is 0 Å². The predicted molar refractivity (Wildman–Crippen MR) is 61.3 cm³/mol. The van der Waals surface area contributed by atoms with E-state index in [0.29, 0.717) is 5.56 Å². The van der Waals surface area contributed by atoms with Crippen molar-refractivity contribution in [3.05, 3.63) is 35.4 Å². The highest BCUT2D eigenvalue weighted by Gasteiger charge is 2.08. The molecule has 0 bridgehead atoms. The van der Waals surface area contributed by atoms with Crippen LogP contribution in [0.2, 0.25) is 0 Å². The monoisotopic (exact) mass is 220 g/mol. The van der Waals surface area contributed by atoms with Crippen LogP contribution in [-0.2, 0) is 4.79 Å². The molecule has 0 aliphatic carbocycles. The zero-order valence-electron chi connectivity index (χ0n) is 9.56. The molecular formula is C13H16O3. The molecule has 0 heterocycles. The summed E-state index contributed by atoms with van der Waals surface area (Å²) in [5, 5.41) is 9.30. The fourth-order valence-corrected chi connectivity index (χ4v) is 1.38. The zero-order chi connectivity index (χ0) is 12.1. The summed E-state index contributed by atoms with van der Waals surface area (Å²) in [6.07, 6.45) is 0.0155. The van der Waals surface area contributed by atoms with Gasteiger partial charge in [0, 0.05) is 18.4 Å². The number of aliphatic hydroxyl groups excluding tert-OH is 1. The normalized spacial score (nSPS) is 12.2. The van der Waals surface area contributed by atoms with E-state index in [9.17, 15) is 14.7 Å². The van der Waals surface area contributed by atoms with Crippen molar-refractivity contribution in [2.24, 2.45) is 0 Å².